The Bertz CT molecular complexity index is 1080. The number of methoxy groups -OCH3 is 2. The van der Waals surface area contributed by atoms with Crippen molar-refractivity contribution in [1.29, 1.82) is 0 Å². The van der Waals surface area contributed by atoms with E-state index in [1.54, 1.807) is 43.0 Å². The van der Waals surface area contributed by atoms with Crippen LogP contribution in [0, 0.1) is 0 Å². The summed E-state index contributed by atoms with van der Waals surface area (Å²) >= 11 is 9.57. The molecule has 1 aliphatic rings. The Balaban J connectivity index is 1.45. The summed E-state index contributed by atoms with van der Waals surface area (Å²) in [6, 6.07) is 11.6. The van der Waals surface area contributed by atoms with Gasteiger partial charge in [-0.05, 0) is 61.4 Å². The van der Waals surface area contributed by atoms with E-state index >= 15 is 0 Å². The summed E-state index contributed by atoms with van der Waals surface area (Å²) in [5, 5.41) is 1.25. The minimum absolute atomic E-state index is 0.0343. The molecule has 3 aromatic rings. The molecule has 1 aliphatic heterocycles. The highest BCUT2D eigenvalue weighted by Gasteiger charge is 2.27. The van der Waals surface area contributed by atoms with Gasteiger partial charge in [-0.15, -0.1) is 11.8 Å². The smallest absolute Gasteiger partial charge is 0.228 e. The number of nitrogens with zero attached hydrogens (tertiary/aromatic N) is 2. The van der Waals surface area contributed by atoms with E-state index in [0.717, 1.165) is 47.0 Å². The number of carbonyl (C=O) groups excluding carboxylic acids is 1. The van der Waals surface area contributed by atoms with E-state index in [0.29, 0.717) is 34.4 Å². The van der Waals surface area contributed by atoms with Gasteiger partial charge in [0.25, 0.3) is 0 Å². The Morgan fingerprint density at radius 2 is 2.06 bits per heavy atom. The minimum Gasteiger partial charge on any atom is -0.497 e. The van der Waals surface area contributed by atoms with E-state index in [-0.39, 0.29) is 12.0 Å². The first-order valence-corrected chi connectivity index (χ1v) is 13.1. The summed E-state index contributed by atoms with van der Waals surface area (Å²) < 4.78 is 17.3. The van der Waals surface area contributed by atoms with Crippen LogP contribution >= 0.6 is 34.7 Å². The highest BCUT2D eigenvalue weighted by Crippen LogP contribution is 2.39. The lowest BCUT2D eigenvalue weighted by molar-refractivity contribution is -0.119. The second kappa shape index (κ2) is 11.4. The van der Waals surface area contributed by atoms with Crippen molar-refractivity contribution in [3.05, 3.63) is 41.4 Å². The molecular weight excluding hydrogens is 480 g/mol. The number of anilines is 1. The molecule has 33 heavy (non-hydrogen) atoms. The SMILES string of the molecule is COc1ccc(SCCCC(=O)N(CC2CCCO2)c2nc3c(OC)ccc(Cl)c3s2)cc1. The van der Waals surface area contributed by atoms with Crippen LogP contribution in [-0.2, 0) is 9.53 Å². The second-order valence-corrected chi connectivity index (χ2v) is 10.2. The first-order chi connectivity index (χ1) is 16.1. The number of thiazole rings is 1. The molecule has 0 radical (unpaired) electrons. The number of thioether (sulfide) groups is 1. The standard InChI is InChI=1S/C24H27ClN2O4S2/c1-29-16-7-9-18(10-8-16)32-14-4-6-21(28)27(15-17-5-3-13-31-17)24-26-22-20(30-2)12-11-19(25)23(22)33-24/h7-12,17H,3-6,13-15H2,1-2H3. The Kier molecular flexibility index (Phi) is 8.35. The molecule has 1 atom stereocenters. The zero-order valence-electron chi connectivity index (χ0n) is 18.7. The van der Waals surface area contributed by atoms with E-state index < -0.39 is 0 Å². The predicted molar refractivity (Wildman–Crippen MR) is 135 cm³/mol. The summed E-state index contributed by atoms with van der Waals surface area (Å²) in [5.41, 5.74) is 0.685. The lowest BCUT2D eigenvalue weighted by Crippen LogP contribution is -2.37. The molecule has 1 amide bonds. The zero-order chi connectivity index (χ0) is 23.2. The van der Waals surface area contributed by atoms with E-state index in [1.165, 1.54) is 11.3 Å². The molecule has 0 spiro atoms. The van der Waals surface area contributed by atoms with Crippen molar-refractivity contribution in [3.8, 4) is 11.5 Å². The van der Waals surface area contributed by atoms with E-state index in [2.05, 4.69) is 0 Å². The maximum absolute atomic E-state index is 13.3. The number of hydrogen-bond donors (Lipinski definition) is 0. The van der Waals surface area contributed by atoms with E-state index in [9.17, 15) is 4.79 Å². The third-order valence-corrected chi connectivity index (χ3v) is 8.11. The normalized spacial score (nSPS) is 15.7. The molecule has 6 nitrogen and oxygen atoms in total. The van der Waals surface area contributed by atoms with Gasteiger partial charge in [0.05, 0.1) is 36.6 Å². The van der Waals surface area contributed by atoms with Crippen LogP contribution in [0.15, 0.2) is 41.3 Å². The molecule has 2 heterocycles. The molecule has 2 aromatic carbocycles. The quantitative estimate of drug-likeness (QED) is 0.246. The van der Waals surface area contributed by atoms with Crippen LogP contribution in [0.2, 0.25) is 5.02 Å². The monoisotopic (exact) mass is 506 g/mol. The number of amides is 1. The largest absolute Gasteiger partial charge is 0.497 e. The lowest BCUT2D eigenvalue weighted by Gasteiger charge is -2.23. The summed E-state index contributed by atoms with van der Waals surface area (Å²) in [4.78, 5) is 21.0. The Morgan fingerprint density at radius 3 is 2.76 bits per heavy atom. The van der Waals surface area contributed by atoms with Crippen LogP contribution in [0.3, 0.4) is 0 Å². The molecular formula is C24H27ClN2O4S2. The van der Waals surface area contributed by atoms with Crippen molar-refractivity contribution in [2.75, 3.05) is 38.0 Å². The molecule has 0 aliphatic carbocycles. The molecule has 176 valence electrons. The van der Waals surface area contributed by atoms with Gasteiger partial charge in [-0.2, -0.15) is 0 Å². The topological polar surface area (TPSA) is 60.9 Å². The number of benzene rings is 2. The number of hydrogen-bond acceptors (Lipinski definition) is 7. The fourth-order valence-electron chi connectivity index (χ4n) is 3.72. The Labute approximate surface area is 207 Å². The predicted octanol–water partition coefficient (Wildman–Crippen LogP) is 6.05. The van der Waals surface area contributed by atoms with Gasteiger partial charge in [-0.3, -0.25) is 9.69 Å². The van der Waals surface area contributed by atoms with Crippen LogP contribution in [0.25, 0.3) is 10.2 Å². The maximum atomic E-state index is 13.3. The number of aromatic nitrogens is 1. The number of fused-ring (bicyclic) bond motifs is 1. The van der Waals surface area contributed by atoms with Crippen LogP contribution in [-0.4, -0.2) is 50.1 Å². The Morgan fingerprint density at radius 1 is 1.24 bits per heavy atom. The fraction of sp³-hybridized carbons (Fsp3) is 0.417. The van der Waals surface area contributed by atoms with E-state index in [4.69, 9.17) is 30.8 Å². The van der Waals surface area contributed by atoms with Gasteiger partial charge < -0.3 is 14.2 Å². The highest BCUT2D eigenvalue weighted by molar-refractivity contribution is 7.99. The van der Waals surface area contributed by atoms with Gasteiger partial charge in [0.15, 0.2) is 5.13 Å². The van der Waals surface area contributed by atoms with Crippen molar-refractivity contribution >= 4 is 56.0 Å². The molecule has 0 N–H and O–H groups in total. The van der Waals surface area contributed by atoms with Crippen molar-refractivity contribution in [3.63, 3.8) is 0 Å². The third kappa shape index (κ3) is 5.93. The van der Waals surface area contributed by atoms with E-state index in [1.807, 2.05) is 24.3 Å². The summed E-state index contributed by atoms with van der Waals surface area (Å²) in [7, 11) is 3.27. The van der Waals surface area contributed by atoms with Crippen LogP contribution < -0.4 is 14.4 Å². The van der Waals surface area contributed by atoms with Gasteiger partial charge in [-0.1, -0.05) is 22.9 Å². The fourth-order valence-corrected chi connectivity index (χ4v) is 5.86. The maximum Gasteiger partial charge on any atom is 0.228 e. The second-order valence-electron chi connectivity index (χ2n) is 7.69. The average molecular weight is 507 g/mol. The molecule has 1 fully saturated rings. The van der Waals surface area contributed by atoms with Crippen LogP contribution in [0.1, 0.15) is 25.7 Å². The molecule has 1 aromatic heterocycles. The minimum atomic E-state index is 0.0343. The molecule has 9 heteroatoms. The van der Waals surface area contributed by atoms with Crippen LogP contribution in [0.5, 0.6) is 11.5 Å². The molecule has 0 saturated carbocycles. The number of ether oxygens (including phenoxy) is 3. The van der Waals surface area contributed by atoms with Crippen molar-refractivity contribution in [2.45, 2.75) is 36.7 Å². The number of halogens is 1. The van der Waals surface area contributed by atoms with Gasteiger partial charge in [0.1, 0.15) is 17.0 Å². The van der Waals surface area contributed by atoms with Gasteiger partial charge in [-0.25, -0.2) is 4.98 Å². The molecule has 1 saturated heterocycles. The van der Waals surface area contributed by atoms with Crippen molar-refractivity contribution in [2.24, 2.45) is 0 Å². The number of rotatable bonds is 10. The number of carbonyl (C=O) groups is 1. The van der Waals surface area contributed by atoms with Crippen molar-refractivity contribution < 1.29 is 19.0 Å². The molecule has 0 bridgehead atoms. The molecule has 4 rings (SSSR count). The third-order valence-electron chi connectivity index (χ3n) is 5.47. The van der Waals surface area contributed by atoms with Crippen molar-refractivity contribution in [1.82, 2.24) is 4.98 Å². The van der Waals surface area contributed by atoms with Gasteiger partial charge in [0, 0.05) is 17.9 Å². The summed E-state index contributed by atoms with van der Waals surface area (Å²) in [6.07, 6.45) is 3.21. The molecule has 1 unspecified atom stereocenters. The Hall–Kier alpha value is -2.00. The first-order valence-electron chi connectivity index (χ1n) is 10.9. The first kappa shape index (κ1) is 24.1. The lowest BCUT2D eigenvalue weighted by atomic mass is 10.2. The average Bonchev–Trinajstić information content (AvgIpc) is 3.51. The van der Waals surface area contributed by atoms with Gasteiger partial charge in [0.2, 0.25) is 5.91 Å². The van der Waals surface area contributed by atoms with Gasteiger partial charge >= 0.3 is 0 Å². The zero-order valence-corrected chi connectivity index (χ0v) is 21.1. The highest BCUT2D eigenvalue weighted by atomic mass is 35.5. The summed E-state index contributed by atoms with van der Waals surface area (Å²) in [6.45, 7) is 1.24. The summed E-state index contributed by atoms with van der Waals surface area (Å²) in [5.74, 6) is 2.39. The van der Waals surface area contributed by atoms with Crippen LogP contribution in [0.4, 0.5) is 5.13 Å².